The molecule has 0 radical (unpaired) electrons. The Labute approximate surface area is 110 Å². The number of nitrogens with zero attached hydrogens (tertiary/aromatic N) is 3. The minimum atomic E-state index is -4.99. The van der Waals surface area contributed by atoms with Crippen LogP contribution in [0.4, 0.5) is 18.9 Å². The number of aliphatic hydroxyl groups is 1. The second-order valence-corrected chi connectivity index (χ2v) is 3.77. The van der Waals surface area contributed by atoms with Gasteiger partial charge in [0.05, 0.1) is 11.5 Å². The van der Waals surface area contributed by atoms with Crippen molar-refractivity contribution in [1.82, 2.24) is 15.1 Å². The van der Waals surface area contributed by atoms with Gasteiger partial charge >= 0.3 is 11.9 Å². The van der Waals surface area contributed by atoms with Gasteiger partial charge in [-0.15, -0.1) is 0 Å². The van der Waals surface area contributed by atoms with Crippen LogP contribution in [0.1, 0.15) is 11.4 Å². The molecule has 1 amide bonds. The summed E-state index contributed by atoms with van der Waals surface area (Å²) in [7, 11) is 0. The van der Waals surface area contributed by atoms with Crippen LogP contribution in [-0.2, 0) is 17.5 Å². The quantitative estimate of drug-likeness (QED) is 0.597. The highest BCUT2D eigenvalue weighted by molar-refractivity contribution is 5.75. The van der Waals surface area contributed by atoms with Crippen molar-refractivity contribution in [1.29, 1.82) is 0 Å². The van der Waals surface area contributed by atoms with Gasteiger partial charge in [-0.05, 0) is 6.92 Å². The van der Waals surface area contributed by atoms with E-state index in [1.807, 2.05) is 0 Å². The minimum Gasteiger partial charge on any atom is -0.395 e. The monoisotopic (exact) mass is 296 g/mol. The summed E-state index contributed by atoms with van der Waals surface area (Å²) in [5.41, 5.74) is -3.19. The summed E-state index contributed by atoms with van der Waals surface area (Å²) in [4.78, 5) is 20.8. The van der Waals surface area contributed by atoms with Crippen LogP contribution in [0, 0.1) is 17.0 Å². The number of hydrogen-bond acceptors (Lipinski definition) is 5. The molecule has 0 spiro atoms. The van der Waals surface area contributed by atoms with E-state index in [2.05, 4.69) is 10.4 Å². The Morgan fingerprint density at radius 2 is 2.15 bits per heavy atom. The molecule has 0 saturated carbocycles. The van der Waals surface area contributed by atoms with E-state index < -0.39 is 34.9 Å². The number of nitrogens with one attached hydrogen (secondary N) is 1. The molecule has 0 aromatic carbocycles. The van der Waals surface area contributed by atoms with Crippen molar-refractivity contribution in [2.75, 3.05) is 13.2 Å². The van der Waals surface area contributed by atoms with Crippen LogP contribution in [0.5, 0.6) is 0 Å². The molecular weight excluding hydrogens is 285 g/mol. The number of nitro groups is 1. The molecule has 1 aromatic rings. The van der Waals surface area contributed by atoms with E-state index in [0.29, 0.717) is 4.68 Å². The van der Waals surface area contributed by atoms with Crippen LogP contribution in [-0.4, -0.2) is 38.9 Å². The second kappa shape index (κ2) is 5.86. The summed E-state index contributed by atoms with van der Waals surface area (Å²) in [5, 5.41) is 24.4. The molecule has 0 unspecified atom stereocenters. The van der Waals surface area contributed by atoms with Crippen molar-refractivity contribution in [3.05, 3.63) is 21.5 Å². The number of rotatable bonds is 5. The highest BCUT2D eigenvalue weighted by Crippen LogP contribution is 2.36. The van der Waals surface area contributed by atoms with Crippen LogP contribution >= 0.6 is 0 Å². The van der Waals surface area contributed by atoms with Gasteiger partial charge in [-0.1, -0.05) is 0 Å². The maximum atomic E-state index is 12.6. The molecule has 0 bridgehead atoms. The van der Waals surface area contributed by atoms with Gasteiger partial charge in [0.2, 0.25) is 11.6 Å². The molecule has 1 rings (SSSR count). The summed E-state index contributed by atoms with van der Waals surface area (Å²) in [5.74, 6) is -0.715. The van der Waals surface area contributed by atoms with Gasteiger partial charge in [0.15, 0.2) is 0 Å². The molecule has 112 valence electrons. The minimum absolute atomic E-state index is 0.0760. The predicted molar refractivity (Wildman–Crippen MR) is 58.7 cm³/mol. The zero-order valence-corrected chi connectivity index (χ0v) is 10.3. The Hall–Kier alpha value is -2.17. The Morgan fingerprint density at radius 3 is 2.55 bits per heavy atom. The lowest BCUT2D eigenvalue weighted by Gasteiger charge is -2.04. The number of amides is 1. The fourth-order valence-electron chi connectivity index (χ4n) is 1.49. The number of halogens is 3. The molecule has 0 atom stereocenters. The summed E-state index contributed by atoms with van der Waals surface area (Å²) < 4.78 is 38.5. The van der Waals surface area contributed by atoms with Crippen LogP contribution in [0.3, 0.4) is 0 Å². The van der Waals surface area contributed by atoms with E-state index in [9.17, 15) is 28.1 Å². The fourth-order valence-corrected chi connectivity index (χ4v) is 1.49. The van der Waals surface area contributed by atoms with Crippen molar-refractivity contribution < 1.29 is 28.0 Å². The number of carbonyl (C=O) groups excluding carboxylic acids is 1. The van der Waals surface area contributed by atoms with Gasteiger partial charge < -0.3 is 10.4 Å². The number of aromatic nitrogens is 2. The lowest BCUT2D eigenvalue weighted by Crippen LogP contribution is -2.30. The summed E-state index contributed by atoms with van der Waals surface area (Å²) >= 11 is 0. The van der Waals surface area contributed by atoms with Gasteiger partial charge in [-0.2, -0.15) is 18.3 Å². The smallest absolute Gasteiger partial charge is 0.395 e. The maximum absolute atomic E-state index is 12.6. The maximum Gasteiger partial charge on any atom is 0.442 e. The molecule has 8 nitrogen and oxygen atoms in total. The van der Waals surface area contributed by atoms with Crippen molar-refractivity contribution in [3.63, 3.8) is 0 Å². The zero-order chi connectivity index (χ0) is 15.5. The van der Waals surface area contributed by atoms with Crippen molar-refractivity contribution >= 4 is 11.6 Å². The van der Waals surface area contributed by atoms with Gasteiger partial charge in [0.25, 0.3) is 0 Å². The van der Waals surface area contributed by atoms with E-state index in [1.165, 1.54) is 0 Å². The molecule has 1 heterocycles. The SMILES string of the molecule is Cc1c([N+](=O)[O-])c(C(F)(F)F)nn1CC(=O)NCCO. The number of hydrogen-bond donors (Lipinski definition) is 2. The van der Waals surface area contributed by atoms with Crippen molar-refractivity contribution in [2.24, 2.45) is 0 Å². The fraction of sp³-hybridized carbons (Fsp3) is 0.556. The normalized spacial score (nSPS) is 11.4. The molecule has 11 heteroatoms. The standard InChI is InChI=1S/C9H11F3N4O4/c1-5-7(16(19)20)8(9(10,11)12)14-15(5)4-6(18)13-2-3-17/h17H,2-4H2,1H3,(H,13,18). The summed E-state index contributed by atoms with van der Waals surface area (Å²) in [6.45, 7) is 0.0492. The third kappa shape index (κ3) is 3.44. The first-order valence-corrected chi connectivity index (χ1v) is 5.35. The van der Waals surface area contributed by atoms with Crippen LogP contribution < -0.4 is 5.32 Å². The van der Waals surface area contributed by atoms with Crippen LogP contribution in [0.2, 0.25) is 0 Å². The first kappa shape index (κ1) is 15.9. The Kier molecular flexibility index (Phi) is 4.65. The molecule has 0 aliphatic rings. The Bertz CT molecular complexity index is 526. The molecular formula is C9H11F3N4O4. The van der Waals surface area contributed by atoms with E-state index >= 15 is 0 Å². The average molecular weight is 296 g/mol. The largest absolute Gasteiger partial charge is 0.442 e. The zero-order valence-electron chi connectivity index (χ0n) is 10.3. The summed E-state index contributed by atoms with van der Waals surface area (Å²) in [6, 6.07) is 0. The van der Waals surface area contributed by atoms with Gasteiger partial charge in [-0.25, -0.2) is 0 Å². The first-order chi connectivity index (χ1) is 9.18. The van der Waals surface area contributed by atoms with Crippen molar-refractivity contribution in [3.8, 4) is 0 Å². The van der Waals surface area contributed by atoms with Crippen molar-refractivity contribution in [2.45, 2.75) is 19.6 Å². The van der Waals surface area contributed by atoms with Crippen LogP contribution in [0.15, 0.2) is 0 Å². The lowest BCUT2D eigenvalue weighted by molar-refractivity contribution is -0.388. The Morgan fingerprint density at radius 1 is 1.55 bits per heavy atom. The van der Waals surface area contributed by atoms with Gasteiger partial charge in [0.1, 0.15) is 12.2 Å². The topological polar surface area (TPSA) is 110 Å². The number of carbonyl (C=O) groups is 1. The van der Waals surface area contributed by atoms with Gasteiger partial charge in [0, 0.05) is 6.54 Å². The average Bonchev–Trinajstić information content (AvgIpc) is 2.64. The third-order valence-electron chi connectivity index (χ3n) is 2.35. The van der Waals surface area contributed by atoms with E-state index in [-0.39, 0.29) is 18.8 Å². The van der Waals surface area contributed by atoms with E-state index in [4.69, 9.17) is 5.11 Å². The molecule has 20 heavy (non-hydrogen) atoms. The lowest BCUT2D eigenvalue weighted by atomic mass is 10.3. The van der Waals surface area contributed by atoms with Crippen LogP contribution in [0.25, 0.3) is 0 Å². The molecule has 0 aliphatic heterocycles. The predicted octanol–water partition coefficient (Wildman–Crippen LogP) is 0.227. The third-order valence-corrected chi connectivity index (χ3v) is 2.35. The summed E-state index contributed by atoms with van der Waals surface area (Å²) in [6.07, 6.45) is -4.99. The Balaban J connectivity index is 3.11. The molecule has 0 saturated heterocycles. The van der Waals surface area contributed by atoms with E-state index in [0.717, 1.165) is 6.92 Å². The highest BCUT2D eigenvalue weighted by Gasteiger charge is 2.44. The second-order valence-electron chi connectivity index (χ2n) is 3.77. The molecule has 1 aromatic heterocycles. The molecule has 0 fully saturated rings. The van der Waals surface area contributed by atoms with E-state index in [1.54, 1.807) is 0 Å². The highest BCUT2D eigenvalue weighted by atomic mass is 19.4. The first-order valence-electron chi connectivity index (χ1n) is 5.35. The number of alkyl halides is 3. The molecule has 0 aliphatic carbocycles. The van der Waals surface area contributed by atoms with Gasteiger partial charge in [-0.3, -0.25) is 19.6 Å². The number of aliphatic hydroxyl groups excluding tert-OH is 1. The molecule has 2 N–H and O–H groups in total.